The van der Waals surface area contributed by atoms with Crippen LogP contribution in [-0.4, -0.2) is 24.2 Å². The van der Waals surface area contributed by atoms with Gasteiger partial charge in [0.15, 0.2) is 0 Å². The van der Waals surface area contributed by atoms with Crippen molar-refractivity contribution in [2.45, 2.75) is 6.92 Å². The molecule has 0 aliphatic heterocycles. The molecule has 0 radical (unpaired) electrons. The average molecular weight is 392 g/mol. The highest BCUT2D eigenvalue weighted by atomic mass is 79.9. The molecule has 0 fully saturated rings. The SMILES string of the molecule is COc1ccc([N+](=O)[O-])cc1C(=O)N/N=C\c1ccc(C)c(Br)c1. The van der Waals surface area contributed by atoms with E-state index >= 15 is 0 Å². The second-order valence-corrected chi connectivity index (χ2v) is 5.70. The number of hydrogen-bond acceptors (Lipinski definition) is 5. The normalized spacial score (nSPS) is 10.6. The van der Waals surface area contributed by atoms with Gasteiger partial charge in [0.25, 0.3) is 11.6 Å². The predicted octanol–water partition coefficient (Wildman–Crippen LogP) is 3.44. The number of halogens is 1. The van der Waals surface area contributed by atoms with Crippen LogP contribution in [0.3, 0.4) is 0 Å². The van der Waals surface area contributed by atoms with E-state index in [0.29, 0.717) is 0 Å². The van der Waals surface area contributed by atoms with Crippen LogP contribution in [0.4, 0.5) is 5.69 Å². The number of rotatable bonds is 5. The third-order valence-electron chi connectivity index (χ3n) is 3.21. The van der Waals surface area contributed by atoms with E-state index in [1.54, 1.807) is 0 Å². The van der Waals surface area contributed by atoms with Gasteiger partial charge in [0.1, 0.15) is 5.75 Å². The zero-order valence-corrected chi connectivity index (χ0v) is 14.5. The van der Waals surface area contributed by atoms with Crippen molar-refractivity contribution in [2.24, 2.45) is 5.10 Å². The van der Waals surface area contributed by atoms with Crippen LogP contribution < -0.4 is 10.2 Å². The molecule has 0 atom stereocenters. The van der Waals surface area contributed by atoms with Crippen LogP contribution in [0.25, 0.3) is 0 Å². The molecule has 0 saturated carbocycles. The van der Waals surface area contributed by atoms with E-state index in [2.05, 4.69) is 26.5 Å². The maximum absolute atomic E-state index is 12.2. The molecule has 7 nitrogen and oxygen atoms in total. The van der Waals surface area contributed by atoms with Crippen molar-refractivity contribution < 1.29 is 14.5 Å². The van der Waals surface area contributed by atoms with Crippen molar-refractivity contribution in [3.05, 3.63) is 67.7 Å². The van der Waals surface area contributed by atoms with E-state index in [9.17, 15) is 14.9 Å². The molecule has 1 amide bonds. The van der Waals surface area contributed by atoms with Crippen LogP contribution in [-0.2, 0) is 0 Å². The molecule has 0 heterocycles. The standard InChI is InChI=1S/C16H14BrN3O4/c1-10-3-4-11(7-14(10)17)9-18-19-16(21)13-8-12(20(22)23)5-6-15(13)24-2/h3-9H,1-2H3,(H,19,21)/b18-9-. The number of hydrogen-bond donors (Lipinski definition) is 1. The molecule has 8 heteroatoms. The lowest BCUT2D eigenvalue weighted by molar-refractivity contribution is -0.384. The lowest BCUT2D eigenvalue weighted by atomic mass is 10.1. The molecule has 2 aromatic carbocycles. The Bertz CT molecular complexity index is 821. The number of carbonyl (C=O) groups excluding carboxylic acids is 1. The number of amides is 1. The highest BCUT2D eigenvalue weighted by Crippen LogP contribution is 2.23. The Balaban J connectivity index is 2.17. The number of aryl methyl sites for hydroxylation is 1. The molecule has 0 unspecified atom stereocenters. The molecule has 2 aromatic rings. The number of nitro groups is 1. The average Bonchev–Trinajstić information content (AvgIpc) is 2.57. The van der Waals surface area contributed by atoms with Crippen LogP contribution in [0.2, 0.25) is 0 Å². The highest BCUT2D eigenvalue weighted by Gasteiger charge is 2.17. The summed E-state index contributed by atoms with van der Waals surface area (Å²) in [6.07, 6.45) is 1.48. The number of methoxy groups -OCH3 is 1. The number of hydrazone groups is 1. The van der Waals surface area contributed by atoms with Crippen LogP contribution in [0.5, 0.6) is 5.75 Å². The lowest BCUT2D eigenvalue weighted by Gasteiger charge is -2.06. The van der Waals surface area contributed by atoms with Crippen molar-refractivity contribution in [3.8, 4) is 5.75 Å². The van der Waals surface area contributed by atoms with Gasteiger partial charge in [-0.2, -0.15) is 5.10 Å². The van der Waals surface area contributed by atoms with E-state index in [1.807, 2.05) is 25.1 Å². The first-order valence-electron chi connectivity index (χ1n) is 6.84. The Morgan fingerprint density at radius 3 is 2.71 bits per heavy atom. The molecule has 124 valence electrons. The Morgan fingerprint density at radius 1 is 1.33 bits per heavy atom. The Labute approximate surface area is 146 Å². The summed E-state index contributed by atoms with van der Waals surface area (Å²) in [6.45, 7) is 1.96. The van der Waals surface area contributed by atoms with Crippen LogP contribution in [0.15, 0.2) is 46.0 Å². The lowest BCUT2D eigenvalue weighted by Crippen LogP contribution is -2.18. The molecular weight excluding hydrogens is 378 g/mol. The zero-order chi connectivity index (χ0) is 17.7. The summed E-state index contributed by atoms with van der Waals surface area (Å²) in [5.74, 6) is -0.371. The summed E-state index contributed by atoms with van der Waals surface area (Å²) >= 11 is 3.41. The molecule has 1 N–H and O–H groups in total. The van der Waals surface area contributed by atoms with Gasteiger partial charge < -0.3 is 4.74 Å². The minimum absolute atomic E-state index is 0.0361. The van der Waals surface area contributed by atoms with Crippen molar-refractivity contribution in [1.82, 2.24) is 5.43 Å². The van der Waals surface area contributed by atoms with Crippen LogP contribution in [0, 0.1) is 17.0 Å². The van der Waals surface area contributed by atoms with Gasteiger partial charge in [0.2, 0.25) is 0 Å². The molecule has 0 aromatic heterocycles. The third-order valence-corrected chi connectivity index (χ3v) is 4.07. The topological polar surface area (TPSA) is 93.8 Å². The molecule has 0 saturated heterocycles. The number of nitrogens with zero attached hydrogens (tertiary/aromatic N) is 2. The Hall–Kier alpha value is -2.74. The van der Waals surface area contributed by atoms with Gasteiger partial charge in [-0.1, -0.05) is 28.1 Å². The number of carbonyl (C=O) groups is 1. The van der Waals surface area contributed by atoms with Gasteiger partial charge in [-0.25, -0.2) is 5.43 Å². The maximum Gasteiger partial charge on any atom is 0.275 e. The monoisotopic (exact) mass is 391 g/mol. The van der Waals surface area contributed by atoms with E-state index in [4.69, 9.17) is 4.74 Å². The fraction of sp³-hybridized carbons (Fsp3) is 0.125. The van der Waals surface area contributed by atoms with E-state index in [-0.39, 0.29) is 17.0 Å². The molecule has 0 bridgehead atoms. The van der Waals surface area contributed by atoms with Gasteiger partial charge in [-0.3, -0.25) is 14.9 Å². The first-order valence-corrected chi connectivity index (χ1v) is 7.63. The van der Waals surface area contributed by atoms with Gasteiger partial charge in [0, 0.05) is 16.6 Å². The first-order chi connectivity index (χ1) is 11.4. The fourth-order valence-electron chi connectivity index (χ4n) is 1.90. The summed E-state index contributed by atoms with van der Waals surface area (Å²) in [6, 6.07) is 9.40. The van der Waals surface area contributed by atoms with Crippen molar-refractivity contribution in [1.29, 1.82) is 0 Å². The summed E-state index contributed by atoms with van der Waals surface area (Å²) < 4.78 is 5.98. The summed E-state index contributed by atoms with van der Waals surface area (Å²) in [7, 11) is 1.38. The number of benzene rings is 2. The number of ether oxygens (including phenoxy) is 1. The van der Waals surface area contributed by atoms with E-state index < -0.39 is 10.8 Å². The quantitative estimate of drug-likeness (QED) is 0.479. The Morgan fingerprint density at radius 2 is 2.08 bits per heavy atom. The molecule has 24 heavy (non-hydrogen) atoms. The largest absolute Gasteiger partial charge is 0.496 e. The number of nitro benzene ring substituents is 1. The van der Waals surface area contributed by atoms with Crippen LogP contribution >= 0.6 is 15.9 Å². The van der Waals surface area contributed by atoms with Gasteiger partial charge in [-0.15, -0.1) is 0 Å². The Kier molecular flexibility index (Phi) is 5.64. The van der Waals surface area contributed by atoms with Gasteiger partial charge in [-0.05, 0) is 30.2 Å². The fourth-order valence-corrected chi connectivity index (χ4v) is 2.30. The number of non-ortho nitro benzene ring substituents is 1. The molecular formula is C16H14BrN3O4. The molecule has 0 aliphatic carbocycles. The highest BCUT2D eigenvalue weighted by molar-refractivity contribution is 9.10. The second-order valence-electron chi connectivity index (χ2n) is 4.85. The summed E-state index contributed by atoms with van der Waals surface area (Å²) in [5.41, 5.74) is 4.04. The van der Waals surface area contributed by atoms with Crippen molar-refractivity contribution >= 4 is 33.7 Å². The van der Waals surface area contributed by atoms with E-state index in [1.165, 1.54) is 25.5 Å². The molecule has 0 spiro atoms. The van der Waals surface area contributed by atoms with E-state index in [0.717, 1.165) is 21.7 Å². The smallest absolute Gasteiger partial charge is 0.275 e. The number of nitrogens with one attached hydrogen (secondary N) is 1. The maximum atomic E-state index is 12.2. The molecule has 2 rings (SSSR count). The summed E-state index contributed by atoms with van der Waals surface area (Å²) in [4.78, 5) is 22.4. The van der Waals surface area contributed by atoms with Crippen molar-refractivity contribution in [3.63, 3.8) is 0 Å². The first kappa shape index (κ1) is 17.6. The zero-order valence-electron chi connectivity index (χ0n) is 12.9. The van der Waals surface area contributed by atoms with Crippen LogP contribution in [0.1, 0.15) is 21.5 Å². The summed E-state index contributed by atoms with van der Waals surface area (Å²) in [5, 5.41) is 14.7. The second kappa shape index (κ2) is 7.69. The predicted molar refractivity (Wildman–Crippen MR) is 93.6 cm³/mol. The third kappa shape index (κ3) is 4.17. The van der Waals surface area contributed by atoms with Crippen molar-refractivity contribution in [2.75, 3.05) is 7.11 Å². The minimum atomic E-state index is -0.599. The van der Waals surface area contributed by atoms with Gasteiger partial charge >= 0.3 is 0 Å². The van der Waals surface area contributed by atoms with Gasteiger partial charge in [0.05, 0.1) is 23.8 Å². The minimum Gasteiger partial charge on any atom is -0.496 e. The molecule has 0 aliphatic rings.